The molecule has 1 amide bonds. The number of hydrogen-bond donors (Lipinski definition) is 1. The zero-order chi connectivity index (χ0) is 18.5. The van der Waals surface area contributed by atoms with E-state index in [4.69, 9.17) is 11.6 Å². The summed E-state index contributed by atoms with van der Waals surface area (Å²) in [6.07, 6.45) is 4.42. The van der Waals surface area contributed by atoms with Crippen LogP contribution in [0.4, 0.5) is 0 Å². The number of piperidine rings is 1. The summed E-state index contributed by atoms with van der Waals surface area (Å²) in [5.74, 6) is 0.686. The predicted molar refractivity (Wildman–Crippen MR) is 103 cm³/mol. The summed E-state index contributed by atoms with van der Waals surface area (Å²) >= 11 is 5.93. The maximum Gasteiger partial charge on any atom is 0.291 e. The standard InChI is InChI=1S/C19H26ClN5O/c1-3-4-11-24-12-9-16(10-13-24)22-19(26)18-21-14(2)25(23-18)17-7-5-15(20)6-8-17/h5-8,16H,3-4,9-13H2,1-2H3,(H,22,26). The van der Waals surface area contributed by atoms with Gasteiger partial charge in [0, 0.05) is 24.2 Å². The number of carbonyl (C=O) groups excluding carboxylic acids is 1. The lowest BCUT2D eigenvalue weighted by molar-refractivity contribution is 0.0900. The van der Waals surface area contributed by atoms with Crippen molar-refractivity contribution in [2.75, 3.05) is 19.6 Å². The molecule has 0 saturated carbocycles. The van der Waals surface area contributed by atoms with Crippen LogP contribution in [0.25, 0.3) is 5.69 Å². The number of aryl methyl sites for hydroxylation is 1. The van der Waals surface area contributed by atoms with E-state index in [0.29, 0.717) is 10.8 Å². The second-order valence-corrected chi connectivity index (χ2v) is 7.25. The lowest BCUT2D eigenvalue weighted by atomic mass is 10.0. The fourth-order valence-electron chi connectivity index (χ4n) is 3.25. The summed E-state index contributed by atoms with van der Waals surface area (Å²) < 4.78 is 1.67. The number of nitrogens with zero attached hydrogens (tertiary/aromatic N) is 4. The molecule has 1 fully saturated rings. The zero-order valence-electron chi connectivity index (χ0n) is 15.4. The Morgan fingerprint density at radius 1 is 1.27 bits per heavy atom. The number of carbonyl (C=O) groups is 1. The molecule has 1 aromatic heterocycles. The number of likely N-dealkylation sites (tertiary alicyclic amines) is 1. The van der Waals surface area contributed by atoms with Crippen molar-refractivity contribution in [2.45, 2.75) is 45.6 Å². The molecule has 2 heterocycles. The van der Waals surface area contributed by atoms with E-state index in [1.165, 1.54) is 12.8 Å². The van der Waals surface area contributed by atoms with Gasteiger partial charge in [-0.1, -0.05) is 24.9 Å². The summed E-state index contributed by atoms with van der Waals surface area (Å²) in [7, 11) is 0. The van der Waals surface area contributed by atoms with E-state index >= 15 is 0 Å². The number of hydrogen-bond acceptors (Lipinski definition) is 4. The van der Waals surface area contributed by atoms with E-state index in [1.54, 1.807) is 16.8 Å². The molecule has 2 aromatic rings. The number of amides is 1. The Hall–Kier alpha value is -1.92. The van der Waals surface area contributed by atoms with Crippen molar-refractivity contribution in [1.82, 2.24) is 25.0 Å². The fraction of sp³-hybridized carbons (Fsp3) is 0.526. The van der Waals surface area contributed by atoms with Gasteiger partial charge < -0.3 is 10.2 Å². The molecule has 1 N–H and O–H groups in total. The molecule has 1 saturated heterocycles. The van der Waals surface area contributed by atoms with Crippen molar-refractivity contribution < 1.29 is 4.79 Å². The van der Waals surface area contributed by atoms with Gasteiger partial charge in [0.1, 0.15) is 5.82 Å². The molecule has 0 spiro atoms. The predicted octanol–water partition coefficient (Wildman–Crippen LogP) is 3.22. The normalized spacial score (nSPS) is 16.0. The highest BCUT2D eigenvalue weighted by atomic mass is 35.5. The van der Waals surface area contributed by atoms with Crippen molar-refractivity contribution in [1.29, 1.82) is 0 Å². The van der Waals surface area contributed by atoms with Gasteiger partial charge >= 0.3 is 0 Å². The molecule has 7 heteroatoms. The number of unbranched alkanes of at least 4 members (excludes halogenated alkanes) is 1. The minimum Gasteiger partial charge on any atom is -0.346 e. The Balaban J connectivity index is 1.59. The Kier molecular flexibility index (Phi) is 6.27. The third-order valence-corrected chi connectivity index (χ3v) is 5.05. The van der Waals surface area contributed by atoms with E-state index in [0.717, 1.165) is 38.2 Å². The summed E-state index contributed by atoms with van der Waals surface area (Å²) in [6, 6.07) is 7.51. The van der Waals surface area contributed by atoms with Crippen LogP contribution < -0.4 is 5.32 Å². The second kappa shape index (κ2) is 8.64. The lowest BCUT2D eigenvalue weighted by Gasteiger charge is -2.32. The molecular weight excluding hydrogens is 350 g/mol. The third kappa shape index (κ3) is 4.62. The first-order valence-corrected chi connectivity index (χ1v) is 9.67. The van der Waals surface area contributed by atoms with Gasteiger partial charge in [-0.2, -0.15) is 0 Å². The second-order valence-electron chi connectivity index (χ2n) is 6.81. The molecule has 6 nitrogen and oxygen atoms in total. The van der Waals surface area contributed by atoms with Crippen molar-refractivity contribution in [3.8, 4) is 5.69 Å². The Morgan fingerprint density at radius 3 is 2.62 bits per heavy atom. The monoisotopic (exact) mass is 375 g/mol. The van der Waals surface area contributed by atoms with Gasteiger partial charge in [0.05, 0.1) is 5.69 Å². The average Bonchev–Trinajstić information content (AvgIpc) is 3.04. The smallest absolute Gasteiger partial charge is 0.291 e. The molecule has 3 rings (SSSR count). The van der Waals surface area contributed by atoms with Gasteiger partial charge in [0.15, 0.2) is 0 Å². The lowest BCUT2D eigenvalue weighted by Crippen LogP contribution is -2.45. The van der Waals surface area contributed by atoms with Gasteiger partial charge in [-0.25, -0.2) is 9.67 Å². The topological polar surface area (TPSA) is 63.1 Å². The first-order chi connectivity index (χ1) is 12.6. The minimum absolute atomic E-state index is 0.197. The third-order valence-electron chi connectivity index (χ3n) is 4.79. The van der Waals surface area contributed by atoms with Crippen molar-refractivity contribution in [2.24, 2.45) is 0 Å². The van der Waals surface area contributed by atoms with Crippen LogP contribution in [0, 0.1) is 6.92 Å². The molecule has 1 aliphatic rings. The molecule has 1 aliphatic heterocycles. The molecule has 140 valence electrons. The van der Waals surface area contributed by atoms with E-state index in [2.05, 4.69) is 27.2 Å². The van der Waals surface area contributed by atoms with Gasteiger partial charge in [0.2, 0.25) is 5.82 Å². The highest BCUT2D eigenvalue weighted by Crippen LogP contribution is 2.15. The molecule has 0 unspecified atom stereocenters. The molecule has 0 aliphatic carbocycles. The van der Waals surface area contributed by atoms with Crippen LogP contribution in [0.5, 0.6) is 0 Å². The van der Waals surface area contributed by atoms with E-state index < -0.39 is 0 Å². The van der Waals surface area contributed by atoms with Crippen molar-refractivity contribution >= 4 is 17.5 Å². The molecule has 0 bridgehead atoms. The summed E-state index contributed by atoms with van der Waals surface area (Å²) in [5.41, 5.74) is 0.836. The van der Waals surface area contributed by atoms with Gasteiger partial charge in [-0.05, 0) is 57.0 Å². The van der Waals surface area contributed by atoms with Gasteiger partial charge in [-0.3, -0.25) is 4.79 Å². The Labute approximate surface area is 159 Å². The van der Waals surface area contributed by atoms with Crippen molar-refractivity contribution in [3.63, 3.8) is 0 Å². The number of nitrogens with one attached hydrogen (secondary N) is 1. The highest BCUT2D eigenvalue weighted by molar-refractivity contribution is 6.30. The maximum atomic E-state index is 12.5. The first kappa shape index (κ1) is 18.9. The molecule has 26 heavy (non-hydrogen) atoms. The quantitative estimate of drug-likeness (QED) is 0.842. The fourth-order valence-corrected chi connectivity index (χ4v) is 3.37. The number of rotatable bonds is 6. The first-order valence-electron chi connectivity index (χ1n) is 9.29. The summed E-state index contributed by atoms with van der Waals surface area (Å²) in [5, 5.41) is 8.12. The number of aromatic nitrogens is 3. The van der Waals surface area contributed by atoms with Crippen LogP contribution in [0.15, 0.2) is 24.3 Å². The van der Waals surface area contributed by atoms with Gasteiger partial charge in [-0.15, -0.1) is 5.10 Å². The maximum absolute atomic E-state index is 12.5. The van der Waals surface area contributed by atoms with Crippen LogP contribution >= 0.6 is 11.6 Å². The minimum atomic E-state index is -0.201. The van der Waals surface area contributed by atoms with Crippen LogP contribution in [0.1, 0.15) is 49.1 Å². The van der Waals surface area contributed by atoms with Crippen LogP contribution in [0.2, 0.25) is 5.02 Å². The molecular formula is C19H26ClN5O. The summed E-state index contributed by atoms with van der Waals surface area (Å²) in [6.45, 7) is 7.28. The van der Waals surface area contributed by atoms with Gasteiger partial charge in [0.25, 0.3) is 5.91 Å². The van der Waals surface area contributed by atoms with E-state index in [-0.39, 0.29) is 17.8 Å². The highest BCUT2D eigenvalue weighted by Gasteiger charge is 2.23. The Morgan fingerprint density at radius 2 is 1.96 bits per heavy atom. The SMILES string of the molecule is CCCCN1CCC(NC(=O)c2nc(C)n(-c3ccc(Cl)cc3)n2)CC1. The molecule has 0 radical (unpaired) electrons. The largest absolute Gasteiger partial charge is 0.346 e. The van der Waals surface area contributed by atoms with E-state index in [9.17, 15) is 4.79 Å². The average molecular weight is 376 g/mol. The number of halogens is 1. The van der Waals surface area contributed by atoms with Crippen molar-refractivity contribution in [3.05, 3.63) is 40.9 Å². The molecule has 1 aromatic carbocycles. The Bertz CT molecular complexity index is 735. The van der Waals surface area contributed by atoms with Crippen LogP contribution in [-0.4, -0.2) is 51.2 Å². The van der Waals surface area contributed by atoms with Crippen LogP contribution in [-0.2, 0) is 0 Å². The van der Waals surface area contributed by atoms with E-state index in [1.807, 2.05) is 19.1 Å². The number of benzene rings is 1. The molecule has 0 atom stereocenters. The zero-order valence-corrected chi connectivity index (χ0v) is 16.2. The van der Waals surface area contributed by atoms with Crippen LogP contribution in [0.3, 0.4) is 0 Å². The summed E-state index contributed by atoms with van der Waals surface area (Å²) in [4.78, 5) is 19.3.